The molecule has 1 aliphatic rings. The molecule has 0 bridgehead atoms. The van der Waals surface area contributed by atoms with Crippen molar-refractivity contribution in [3.05, 3.63) is 58.7 Å². The molecule has 0 aromatic heterocycles. The van der Waals surface area contributed by atoms with E-state index in [1.807, 2.05) is 6.07 Å². The summed E-state index contributed by atoms with van der Waals surface area (Å²) in [6.45, 7) is 11.9. The lowest BCUT2D eigenvalue weighted by Gasteiger charge is -2.27. The van der Waals surface area contributed by atoms with Crippen LogP contribution in [0.25, 0.3) is 0 Å². The van der Waals surface area contributed by atoms with Gasteiger partial charge in [-0.3, -0.25) is 9.59 Å². The number of carbonyl (C=O) groups is 2. The van der Waals surface area contributed by atoms with Gasteiger partial charge in [-0.05, 0) is 71.5 Å². The first-order chi connectivity index (χ1) is 17.7. The molecule has 0 spiro atoms. The highest BCUT2D eigenvalue weighted by molar-refractivity contribution is 8.00. The second-order valence-corrected chi connectivity index (χ2v) is 12.1. The molecule has 0 heterocycles. The number of benzene rings is 2. The summed E-state index contributed by atoms with van der Waals surface area (Å²) >= 11 is 2.10. The van der Waals surface area contributed by atoms with Crippen molar-refractivity contribution in [2.45, 2.75) is 51.2 Å². The standard InChI is InChI=1S/C30H44N4O2S/c1-6-30(3,7-2)37-21-20-34(5)19-11-18-33(4)17-10-16-32-25-15-14-24(31)26-27(25)29(36)23-13-9-8-12-22(23)28(26)35/h8-9,12-15,32H,6-7,10-11,16-21,31H2,1-5H3. The van der Waals surface area contributed by atoms with E-state index in [1.54, 1.807) is 30.3 Å². The fourth-order valence-corrected chi connectivity index (χ4v) is 6.01. The molecule has 2 aromatic rings. The Morgan fingerprint density at radius 2 is 1.41 bits per heavy atom. The number of hydrogen-bond acceptors (Lipinski definition) is 7. The quantitative estimate of drug-likeness (QED) is 0.203. The first-order valence-corrected chi connectivity index (χ1v) is 14.5. The molecule has 1 aliphatic carbocycles. The lowest BCUT2D eigenvalue weighted by Crippen LogP contribution is -2.29. The molecular formula is C30H44N4O2S. The van der Waals surface area contributed by atoms with Crippen LogP contribution in [-0.2, 0) is 0 Å². The number of carbonyl (C=O) groups excluding carboxylic acids is 2. The molecule has 0 fully saturated rings. The highest BCUT2D eigenvalue weighted by Crippen LogP contribution is 2.35. The molecule has 0 saturated heterocycles. The minimum absolute atomic E-state index is 0.145. The minimum atomic E-state index is -0.181. The van der Waals surface area contributed by atoms with Crippen molar-refractivity contribution < 1.29 is 9.59 Å². The number of nitrogen functional groups attached to an aromatic ring is 1. The number of ketones is 2. The fraction of sp³-hybridized carbons (Fsp3) is 0.533. The van der Waals surface area contributed by atoms with Crippen molar-refractivity contribution in [3.63, 3.8) is 0 Å². The minimum Gasteiger partial charge on any atom is -0.398 e. The van der Waals surface area contributed by atoms with Crippen molar-refractivity contribution in [1.29, 1.82) is 0 Å². The van der Waals surface area contributed by atoms with E-state index in [4.69, 9.17) is 5.73 Å². The average Bonchev–Trinajstić information content (AvgIpc) is 2.90. The molecule has 0 atom stereocenters. The van der Waals surface area contributed by atoms with Crippen LogP contribution in [0.5, 0.6) is 0 Å². The summed E-state index contributed by atoms with van der Waals surface area (Å²) in [5.74, 6) is 0.859. The zero-order chi connectivity index (χ0) is 27.0. The van der Waals surface area contributed by atoms with Gasteiger partial charge in [-0.1, -0.05) is 45.0 Å². The van der Waals surface area contributed by atoms with Crippen molar-refractivity contribution in [2.75, 3.05) is 63.6 Å². The van der Waals surface area contributed by atoms with Crippen LogP contribution in [0.3, 0.4) is 0 Å². The van der Waals surface area contributed by atoms with Gasteiger partial charge in [-0.2, -0.15) is 11.8 Å². The van der Waals surface area contributed by atoms with E-state index in [2.05, 4.69) is 61.7 Å². The Morgan fingerprint density at radius 1 is 0.838 bits per heavy atom. The molecule has 0 saturated carbocycles. The number of fused-ring (bicyclic) bond motifs is 2. The Labute approximate surface area is 227 Å². The van der Waals surface area contributed by atoms with E-state index < -0.39 is 0 Å². The van der Waals surface area contributed by atoms with Gasteiger partial charge in [0, 0.05) is 46.1 Å². The predicted octanol–water partition coefficient (Wildman–Crippen LogP) is 5.41. The maximum atomic E-state index is 13.2. The topological polar surface area (TPSA) is 78.7 Å². The van der Waals surface area contributed by atoms with Crippen LogP contribution < -0.4 is 11.1 Å². The van der Waals surface area contributed by atoms with Crippen LogP contribution in [0.2, 0.25) is 0 Å². The number of nitrogens with one attached hydrogen (secondary N) is 1. The summed E-state index contributed by atoms with van der Waals surface area (Å²) in [6, 6.07) is 10.5. The van der Waals surface area contributed by atoms with Crippen molar-refractivity contribution in [2.24, 2.45) is 0 Å². The van der Waals surface area contributed by atoms with Gasteiger partial charge >= 0.3 is 0 Å². The molecule has 0 amide bonds. The number of nitrogens with zero attached hydrogens (tertiary/aromatic N) is 2. The molecule has 7 heteroatoms. The summed E-state index contributed by atoms with van der Waals surface area (Å²) in [5.41, 5.74) is 8.75. The summed E-state index contributed by atoms with van der Waals surface area (Å²) in [4.78, 5) is 31.1. The van der Waals surface area contributed by atoms with Crippen molar-refractivity contribution >= 4 is 34.7 Å². The first kappa shape index (κ1) is 29.2. The van der Waals surface area contributed by atoms with Gasteiger partial charge in [0.2, 0.25) is 0 Å². The van der Waals surface area contributed by atoms with Crippen LogP contribution >= 0.6 is 11.8 Å². The van der Waals surface area contributed by atoms with Gasteiger partial charge in [0.15, 0.2) is 11.6 Å². The Morgan fingerprint density at radius 3 is 2.03 bits per heavy atom. The molecule has 37 heavy (non-hydrogen) atoms. The third-order valence-electron chi connectivity index (χ3n) is 7.64. The van der Waals surface area contributed by atoms with E-state index in [1.165, 1.54) is 18.6 Å². The molecule has 0 unspecified atom stereocenters. The van der Waals surface area contributed by atoms with Crippen molar-refractivity contribution in [3.8, 4) is 0 Å². The van der Waals surface area contributed by atoms with Crippen molar-refractivity contribution in [1.82, 2.24) is 9.80 Å². The molecule has 2 aromatic carbocycles. The predicted molar refractivity (Wildman–Crippen MR) is 158 cm³/mol. The Balaban J connectivity index is 1.42. The summed E-state index contributed by atoms with van der Waals surface area (Å²) in [6.07, 6.45) is 4.53. The normalized spacial score (nSPS) is 13.3. The molecule has 3 rings (SSSR count). The molecule has 0 aliphatic heterocycles. The van der Waals surface area contributed by atoms with Crippen LogP contribution in [0.15, 0.2) is 36.4 Å². The maximum Gasteiger partial charge on any atom is 0.196 e. The number of nitrogens with two attached hydrogens (primary N) is 1. The molecule has 3 N–H and O–H groups in total. The lowest BCUT2D eigenvalue weighted by atomic mass is 9.82. The Kier molecular flexibility index (Phi) is 10.6. The molecular weight excluding hydrogens is 480 g/mol. The third-order valence-corrected chi connectivity index (χ3v) is 9.30. The van der Waals surface area contributed by atoms with Gasteiger partial charge in [0.1, 0.15) is 0 Å². The molecule has 0 radical (unpaired) electrons. The average molecular weight is 525 g/mol. The van der Waals surface area contributed by atoms with E-state index in [9.17, 15) is 9.59 Å². The molecule has 6 nitrogen and oxygen atoms in total. The molecule has 202 valence electrons. The lowest BCUT2D eigenvalue weighted by molar-refractivity contribution is 0.0980. The van der Waals surface area contributed by atoms with E-state index in [0.29, 0.717) is 44.9 Å². The SMILES string of the molecule is CCC(C)(CC)SCCN(C)CCCN(C)CCCNc1ccc(N)c2c1C(=O)c1ccccc1C2=O. The fourth-order valence-electron chi connectivity index (χ4n) is 4.70. The number of thioether (sulfide) groups is 1. The number of anilines is 2. The maximum absolute atomic E-state index is 13.2. The smallest absolute Gasteiger partial charge is 0.196 e. The monoisotopic (exact) mass is 524 g/mol. The Hall–Kier alpha value is -2.35. The van der Waals surface area contributed by atoms with Gasteiger partial charge in [-0.25, -0.2) is 0 Å². The number of hydrogen-bond donors (Lipinski definition) is 2. The highest BCUT2D eigenvalue weighted by Gasteiger charge is 2.33. The van der Waals surface area contributed by atoms with Gasteiger partial charge in [-0.15, -0.1) is 0 Å². The van der Waals surface area contributed by atoms with Gasteiger partial charge in [0.25, 0.3) is 0 Å². The number of rotatable bonds is 15. The summed E-state index contributed by atoms with van der Waals surface area (Å²) in [5, 5.41) is 3.39. The first-order valence-electron chi connectivity index (χ1n) is 13.6. The highest BCUT2D eigenvalue weighted by atomic mass is 32.2. The zero-order valence-corrected chi connectivity index (χ0v) is 24.0. The zero-order valence-electron chi connectivity index (χ0n) is 23.2. The van der Waals surface area contributed by atoms with Gasteiger partial charge < -0.3 is 20.9 Å². The summed E-state index contributed by atoms with van der Waals surface area (Å²) < 4.78 is 0.411. The summed E-state index contributed by atoms with van der Waals surface area (Å²) in [7, 11) is 4.38. The second-order valence-electron chi connectivity index (χ2n) is 10.4. The van der Waals surface area contributed by atoms with Crippen LogP contribution in [-0.4, -0.2) is 78.7 Å². The largest absolute Gasteiger partial charge is 0.398 e. The third kappa shape index (κ3) is 7.37. The van der Waals surface area contributed by atoms with Crippen LogP contribution in [0, 0.1) is 0 Å². The van der Waals surface area contributed by atoms with E-state index in [-0.39, 0.29) is 11.6 Å². The van der Waals surface area contributed by atoms with Gasteiger partial charge in [0.05, 0.1) is 11.1 Å². The van der Waals surface area contributed by atoms with E-state index >= 15 is 0 Å². The Bertz CT molecular complexity index is 1080. The van der Waals surface area contributed by atoms with Crippen LogP contribution in [0.4, 0.5) is 11.4 Å². The van der Waals surface area contributed by atoms with E-state index in [0.717, 1.165) is 39.0 Å². The van der Waals surface area contributed by atoms with Crippen LogP contribution in [0.1, 0.15) is 78.3 Å². The second kappa shape index (κ2) is 13.4.